The van der Waals surface area contributed by atoms with Crippen molar-refractivity contribution < 1.29 is 14.3 Å². The number of fused-ring (bicyclic) bond motifs is 1. The van der Waals surface area contributed by atoms with Crippen LogP contribution in [0.3, 0.4) is 0 Å². The lowest BCUT2D eigenvalue weighted by molar-refractivity contribution is -0.140. The van der Waals surface area contributed by atoms with Gasteiger partial charge in [-0.15, -0.1) is 5.10 Å². The molecule has 0 bridgehead atoms. The molecule has 1 aliphatic heterocycles. The zero-order chi connectivity index (χ0) is 19.5. The molecule has 2 heterocycles. The Labute approximate surface area is 164 Å². The van der Waals surface area contributed by atoms with Gasteiger partial charge in [0, 0.05) is 12.6 Å². The number of likely N-dealkylation sites (tertiary alicyclic amines) is 1. The molecule has 2 aliphatic rings. The molecule has 148 valence electrons. The topological polar surface area (TPSA) is 77.3 Å². The van der Waals surface area contributed by atoms with Crippen LogP contribution in [0.15, 0.2) is 30.3 Å². The molecule has 4 rings (SSSR count). The van der Waals surface area contributed by atoms with Crippen molar-refractivity contribution in [2.45, 2.75) is 51.5 Å². The van der Waals surface area contributed by atoms with E-state index in [4.69, 9.17) is 4.74 Å². The van der Waals surface area contributed by atoms with E-state index in [9.17, 15) is 9.59 Å². The van der Waals surface area contributed by atoms with Crippen LogP contribution >= 0.6 is 0 Å². The number of aromatic nitrogens is 3. The number of esters is 1. The van der Waals surface area contributed by atoms with Gasteiger partial charge in [-0.2, -0.15) is 9.90 Å². The first-order valence-corrected chi connectivity index (χ1v) is 10.1. The highest BCUT2D eigenvalue weighted by Gasteiger charge is 2.36. The highest BCUT2D eigenvalue weighted by Crippen LogP contribution is 2.35. The molecule has 0 spiro atoms. The molecule has 2 fully saturated rings. The van der Waals surface area contributed by atoms with Gasteiger partial charge in [-0.05, 0) is 50.7 Å². The van der Waals surface area contributed by atoms with Crippen molar-refractivity contribution in [3.05, 3.63) is 41.7 Å². The summed E-state index contributed by atoms with van der Waals surface area (Å²) in [5, 5.41) is 8.52. The number of aryl methyl sites for hydroxylation is 1. The number of carbonyl (C=O) groups excluding carboxylic acids is 2. The van der Waals surface area contributed by atoms with Gasteiger partial charge >= 0.3 is 5.97 Å². The Morgan fingerprint density at radius 3 is 2.64 bits per heavy atom. The van der Waals surface area contributed by atoms with E-state index in [1.807, 2.05) is 35.2 Å². The molecule has 1 aliphatic carbocycles. The van der Waals surface area contributed by atoms with Crippen LogP contribution in [0.25, 0.3) is 5.69 Å². The van der Waals surface area contributed by atoms with Crippen molar-refractivity contribution in [2.75, 3.05) is 13.2 Å². The number of ether oxygens (including phenoxy) is 1. The maximum atomic E-state index is 12.7. The fourth-order valence-corrected chi connectivity index (χ4v) is 4.46. The number of hydrogen-bond donors (Lipinski definition) is 0. The molecule has 2 aromatic rings. The van der Waals surface area contributed by atoms with Crippen LogP contribution in [-0.4, -0.2) is 51.0 Å². The molecule has 28 heavy (non-hydrogen) atoms. The molecule has 1 aromatic carbocycles. The third-order valence-electron chi connectivity index (χ3n) is 5.85. The number of carbonyl (C=O) groups is 2. The Kier molecular flexibility index (Phi) is 5.41. The predicted molar refractivity (Wildman–Crippen MR) is 103 cm³/mol. The predicted octanol–water partition coefficient (Wildman–Crippen LogP) is 2.91. The average molecular weight is 382 g/mol. The summed E-state index contributed by atoms with van der Waals surface area (Å²) in [7, 11) is 0. The average Bonchev–Trinajstić information content (AvgIpc) is 3.14. The highest BCUT2D eigenvalue weighted by atomic mass is 16.5. The number of rotatable bonds is 4. The molecule has 0 unspecified atom stereocenters. The van der Waals surface area contributed by atoms with Gasteiger partial charge < -0.3 is 9.64 Å². The monoisotopic (exact) mass is 382 g/mol. The summed E-state index contributed by atoms with van der Waals surface area (Å²) in [6, 6.07) is 9.68. The van der Waals surface area contributed by atoms with Crippen LogP contribution in [0.4, 0.5) is 0 Å². The van der Waals surface area contributed by atoms with Crippen molar-refractivity contribution >= 4 is 11.9 Å². The lowest BCUT2D eigenvalue weighted by Crippen LogP contribution is -2.50. The summed E-state index contributed by atoms with van der Waals surface area (Å²) in [4.78, 5) is 28.5. The first-order valence-electron chi connectivity index (χ1n) is 10.1. The quantitative estimate of drug-likeness (QED) is 0.760. The second kappa shape index (κ2) is 8.12. The van der Waals surface area contributed by atoms with Gasteiger partial charge in [0.1, 0.15) is 0 Å². The Morgan fingerprint density at radius 1 is 1.07 bits per heavy atom. The van der Waals surface area contributed by atoms with Crippen molar-refractivity contribution in [1.82, 2.24) is 19.9 Å². The molecule has 7 nitrogen and oxygen atoms in total. The number of amides is 1. The van der Waals surface area contributed by atoms with E-state index in [0.717, 1.165) is 25.1 Å². The van der Waals surface area contributed by atoms with Gasteiger partial charge in [-0.25, -0.2) is 4.79 Å². The maximum absolute atomic E-state index is 12.7. The van der Waals surface area contributed by atoms with Crippen LogP contribution in [0.5, 0.6) is 0 Å². The number of nitrogens with zero attached hydrogens (tertiary/aromatic N) is 4. The van der Waals surface area contributed by atoms with Gasteiger partial charge in [0.2, 0.25) is 0 Å². The third kappa shape index (κ3) is 3.79. The highest BCUT2D eigenvalue weighted by molar-refractivity contribution is 5.90. The van der Waals surface area contributed by atoms with Crippen LogP contribution in [0.2, 0.25) is 0 Å². The van der Waals surface area contributed by atoms with Crippen molar-refractivity contribution in [1.29, 1.82) is 0 Å². The van der Waals surface area contributed by atoms with Crippen LogP contribution < -0.4 is 0 Å². The lowest BCUT2D eigenvalue weighted by atomic mass is 9.78. The van der Waals surface area contributed by atoms with E-state index >= 15 is 0 Å². The van der Waals surface area contributed by atoms with Crippen LogP contribution in [0, 0.1) is 12.8 Å². The second-order valence-corrected chi connectivity index (χ2v) is 7.68. The van der Waals surface area contributed by atoms with E-state index in [1.54, 1.807) is 6.92 Å². The molecule has 2 atom stereocenters. The van der Waals surface area contributed by atoms with E-state index < -0.39 is 5.97 Å². The SMILES string of the molecule is Cc1nn(-c2ccccc2)nc1C(=O)OCC(=O)N1CCC[C@@H]2CCCC[C@H]21. The Balaban J connectivity index is 1.39. The van der Waals surface area contributed by atoms with Crippen molar-refractivity contribution in [2.24, 2.45) is 5.92 Å². The molecule has 1 saturated heterocycles. The summed E-state index contributed by atoms with van der Waals surface area (Å²) in [6.45, 7) is 2.24. The standard InChI is InChI=1S/C21H26N4O3/c1-15-20(23-25(22-15)17-10-3-2-4-11-17)21(27)28-14-19(26)24-13-7-9-16-8-5-6-12-18(16)24/h2-4,10-11,16,18H,5-9,12-14H2,1H3/t16-,18+/m0/s1. The van der Waals surface area contributed by atoms with E-state index in [1.165, 1.54) is 30.5 Å². The first kappa shape index (κ1) is 18.7. The molecular formula is C21H26N4O3. The molecule has 1 saturated carbocycles. The van der Waals surface area contributed by atoms with Gasteiger partial charge in [-0.1, -0.05) is 31.0 Å². The number of hydrogen-bond acceptors (Lipinski definition) is 5. The normalized spacial score (nSPS) is 21.8. The molecule has 0 N–H and O–H groups in total. The minimum absolute atomic E-state index is 0.0990. The van der Waals surface area contributed by atoms with E-state index in [2.05, 4.69) is 10.2 Å². The van der Waals surface area contributed by atoms with Crippen LogP contribution in [0.1, 0.15) is 54.7 Å². The molecular weight excluding hydrogens is 356 g/mol. The van der Waals surface area contributed by atoms with Crippen molar-refractivity contribution in [3.8, 4) is 5.69 Å². The maximum Gasteiger partial charge on any atom is 0.361 e. The minimum Gasteiger partial charge on any atom is -0.451 e. The Hall–Kier alpha value is -2.70. The number of para-hydroxylation sites is 1. The molecule has 1 amide bonds. The molecule has 0 radical (unpaired) electrons. The number of piperidine rings is 1. The zero-order valence-corrected chi connectivity index (χ0v) is 16.2. The van der Waals surface area contributed by atoms with Crippen molar-refractivity contribution in [3.63, 3.8) is 0 Å². The lowest BCUT2D eigenvalue weighted by Gasteiger charge is -2.44. The molecule has 7 heteroatoms. The van der Waals surface area contributed by atoms with Gasteiger partial charge in [0.05, 0.1) is 11.4 Å². The smallest absolute Gasteiger partial charge is 0.361 e. The summed E-state index contributed by atoms with van der Waals surface area (Å²) >= 11 is 0. The van der Waals surface area contributed by atoms with Crippen LogP contribution in [-0.2, 0) is 9.53 Å². The summed E-state index contributed by atoms with van der Waals surface area (Å²) in [5.74, 6) is -0.0987. The largest absolute Gasteiger partial charge is 0.451 e. The fourth-order valence-electron chi connectivity index (χ4n) is 4.46. The molecule has 1 aromatic heterocycles. The fraction of sp³-hybridized carbons (Fsp3) is 0.524. The minimum atomic E-state index is -0.606. The third-order valence-corrected chi connectivity index (χ3v) is 5.85. The first-order chi connectivity index (χ1) is 13.6. The second-order valence-electron chi connectivity index (χ2n) is 7.68. The Morgan fingerprint density at radius 2 is 1.82 bits per heavy atom. The van der Waals surface area contributed by atoms with E-state index in [-0.39, 0.29) is 18.2 Å². The number of benzene rings is 1. The summed E-state index contributed by atoms with van der Waals surface area (Å²) in [5.41, 5.74) is 1.38. The zero-order valence-electron chi connectivity index (χ0n) is 16.2. The summed E-state index contributed by atoms with van der Waals surface area (Å²) in [6.07, 6.45) is 6.94. The Bertz CT molecular complexity index is 847. The van der Waals surface area contributed by atoms with E-state index in [0.29, 0.717) is 17.7 Å². The van der Waals surface area contributed by atoms with Gasteiger partial charge in [0.15, 0.2) is 12.3 Å². The van der Waals surface area contributed by atoms with Gasteiger partial charge in [0.25, 0.3) is 5.91 Å². The van der Waals surface area contributed by atoms with Gasteiger partial charge in [-0.3, -0.25) is 4.79 Å². The summed E-state index contributed by atoms with van der Waals surface area (Å²) < 4.78 is 5.31.